The molecule has 0 aromatic heterocycles. The molecular formula is C23H31N3O3S. The Bertz CT molecular complexity index is 977. The number of rotatable bonds is 6. The second-order valence-electron chi connectivity index (χ2n) is 8.16. The van der Waals surface area contributed by atoms with Gasteiger partial charge in [-0.1, -0.05) is 6.07 Å². The van der Waals surface area contributed by atoms with Gasteiger partial charge in [0.1, 0.15) is 6.04 Å². The van der Waals surface area contributed by atoms with Crippen molar-refractivity contribution in [2.24, 2.45) is 0 Å². The van der Waals surface area contributed by atoms with Crippen LogP contribution in [0.5, 0.6) is 0 Å². The van der Waals surface area contributed by atoms with Gasteiger partial charge < -0.3 is 10.2 Å². The molecule has 2 aromatic carbocycles. The predicted octanol–water partition coefficient (Wildman–Crippen LogP) is 4.09. The number of benzene rings is 2. The molecule has 162 valence electrons. The number of carbonyl (C=O) groups is 1. The van der Waals surface area contributed by atoms with Crippen LogP contribution in [0.3, 0.4) is 0 Å². The first kappa shape index (κ1) is 22.2. The van der Waals surface area contributed by atoms with E-state index < -0.39 is 16.1 Å². The number of anilines is 3. The molecule has 2 aromatic rings. The fourth-order valence-corrected chi connectivity index (χ4v) is 5.20. The standard InChI is InChI=1S/C23H31N3O3S/c1-17-14-18(2)16-22(15-17)26(30(4,28)29)19(3)23(27)24-20-8-10-21(11-9-20)25-12-6-5-7-13-25/h8-11,14-16,19H,5-7,12-13H2,1-4H3,(H,24,27)/t19-/m0/s1. The Morgan fingerprint density at radius 1 is 1.00 bits per heavy atom. The summed E-state index contributed by atoms with van der Waals surface area (Å²) in [5, 5.41) is 2.86. The summed E-state index contributed by atoms with van der Waals surface area (Å²) in [6, 6.07) is 12.4. The van der Waals surface area contributed by atoms with Gasteiger partial charge in [0, 0.05) is 24.5 Å². The number of hydrogen-bond acceptors (Lipinski definition) is 4. The number of nitrogens with zero attached hydrogens (tertiary/aromatic N) is 2. The highest BCUT2D eigenvalue weighted by Crippen LogP contribution is 2.25. The molecule has 1 aliphatic rings. The van der Waals surface area contributed by atoms with Gasteiger partial charge in [-0.25, -0.2) is 8.42 Å². The van der Waals surface area contributed by atoms with Crippen LogP contribution in [-0.2, 0) is 14.8 Å². The Hall–Kier alpha value is -2.54. The highest BCUT2D eigenvalue weighted by Gasteiger charge is 2.29. The predicted molar refractivity (Wildman–Crippen MR) is 124 cm³/mol. The summed E-state index contributed by atoms with van der Waals surface area (Å²) >= 11 is 0. The fraction of sp³-hybridized carbons (Fsp3) is 0.435. The van der Waals surface area contributed by atoms with Crippen molar-refractivity contribution in [3.05, 3.63) is 53.6 Å². The largest absolute Gasteiger partial charge is 0.372 e. The topological polar surface area (TPSA) is 69.7 Å². The Kier molecular flexibility index (Phi) is 6.71. The van der Waals surface area contributed by atoms with Crippen LogP contribution in [0.15, 0.2) is 42.5 Å². The second kappa shape index (κ2) is 9.08. The first-order valence-corrected chi connectivity index (χ1v) is 12.2. The summed E-state index contributed by atoms with van der Waals surface area (Å²) in [4.78, 5) is 15.3. The number of amides is 1. The van der Waals surface area contributed by atoms with Crippen molar-refractivity contribution in [1.29, 1.82) is 0 Å². The van der Waals surface area contributed by atoms with E-state index >= 15 is 0 Å². The lowest BCUT2D eigenvalue weighted by molar-refractivity contribution is -0.116. The first-order valence-electron chi connectivity index (χ1n) is 10.4. The Balaban J connectivity index is 1.77. The SMILES string of the molecule is Cc1cc(C)cc(N([C@@H](C)C(=O)Nc2ccc(N3CCCCC3)cc2)S(C)(=O)=O)c1. The maximum Gasteiger partial charge on any atom is 0.247 e. The molecule has 0 aliphatic carbocycles. The highest BCUT2D eigenvalue weighted by atomic mass is 32.2. The molecule has 0 unspecified atom stereocenters. The molecule has 1 heterocycles. The van der Waals surface area contributed by atoms with E-state index in [9.17, 15) is 13.2 Å². The molecule has 7 heteroatoms. The summed E-state index contributed by atoms with van der Waals surface area (Å²) in [6.45, 7) is 7.54. The highest BCUT2D eigenvalue weighted by molar-refractivity contribution is 7.92. The summed E-state index contributed by atoms with van der Waals surface area (Å²) in [7, 11) is -3.64. The van der Waals surface area contributed by atoms with E-state index in [4.69, 9.17) is 0 Å². The van der Waals surface area contributed by atoms with Crippen molar-refractivity contribution in [3.8, 4) is 0 Å². The molecular weight excluding hydrogens is 398 g/mol. The second-order valence-corrected chi connectivity index (χ2v) is 10.0. The van der Waals surface area contributed by atoms with E-state index in [1.54, 1.807) is 19.1 Å². The number of aryl methyl sites for hydroxylation is 2. The van der Waals surface area contributed by atoms with Gasteiger partial charge in [0.25, 0.3) is 0 Å². The van der Waals surface area contributed by atoms with E-state index in [0.717, 1.165) is 36.2 Å². The molecule has 1 fully saturated rings. The van der Waals surface area contributed by atoms with Crippen LogP contribution < -0.4 is 14.5 Å². The molecule has 1 atom stereocenters. The molecule has 6 nitrogen and oxygen atoms in total. The van der Waals surface area contributed by atoms with Crippen molar-refractivity contribution < 1.29 is 13.2 Å². The van der Waals surface area contributed by atoms with Crippen molar-refractivity contribution in [3.63, 3.8) is 0 Å². The third kappa shape index (κ3) is 5.33. The quantitative estimate of drug-likeness (QED) is 0.751. The zero-order chi connectivity index (χ0) is 21.9. The minimum Gasteiger partial charge on any atom is -0.372 e. The number of sulfonamides is 1. The third-order valence-electron chi connectivity index (χ3n) is 5.41. The molecule has 1 aliphatic heterocycles. The van der Waals surface area contributed by atoms with Crippen LogP contribution in [0.4, 0.5) is 17.1 Å². The summed E-state index contributed by atoms with van der Waals surface area (Å²) < 4.78 is 26.2. The number of nitrogens with one attached hydrogen (secondary N) is 1. The van der Waals surface area contributed by atoms with E-state index in [1.165, 1.54) is 23.6 Å². The Morgan fingerprint density at radius 3 is 2.10 bits per heavy atom. The van der Waals surface area contributed by atoms with Crippen LogP contribution in [0.2, 0.25) is 0 Å². The number of hydrogen-bond donors (Lipinski definition) is 1. The van der Waals surface area contributed by atoms with Gasteiger partial charge in [-0.05, 0) is 87.6 Å². The van der Waals surface area contributed by atoms with Gasteiger partial charge in [-0.3, -0.25) is 9.10 Å². The van der Waals surface area contributed by atoms with E-state index in [-0.39, 0.29) is 5.91 Å². The van der Waals surface area contributed by atoms with Gasteiger partial charge in [-0.15, -0.1) is 0 Å². The molecule has 0 bridgehead atoms. The lowest BCUT2D eigenvalue weighted by atomic mass is 10.1. The van der Waals surface area contributed by atoms with Crippen LogP contribution in [-0.4, -0.2) is 39.7 Å². The molecule has 0 radical (unpaired) electrons. The molecule has 3 rings (SSSR count). The number of carbonyl (C=O) groups excluding carboxylic acids is 1. The Morgan fingerprint density at radius 2 is 1.57 bits per heavy atom. The molecule has 1 amide bonds. The summed E-state index contributed by atoms with van der Waals surface area (Å²) in [5.41, 5.74) is 4.19. The average Bonchev–Trinajstić information content (AvgIpc) is 2.67. The minimum atomic E-state index is -3.64. The van der Waals surface area contributed by atoms with Gasteiger partial charge in [0.05, 0.1) is 11.9 Å². The van der Waals surface area contributed by atoms with Crippen LogP contribution in [0.1, 0.15) is 37.3 Å². The monoisotopic (exact) mass is 429 g/mol. The Labute approximate surface area is 179 Å². The first-order chi connectivity index (χ1) is 14.1. The van der Waals surface area contributed by atoms with E-state index in [0.29, 0.717) is 11.4 Å². The zero-order valence-corrected chi connectivity index (χ0v) is 19.0. The van der Waals surface area contributed by atoms with Gasteiger partial charge in [0.2, 0.25) is 15.9 Å². The van der Waals surface area contributed by atoms with Crippen molar-refractivity contribution in [1.82, 2.24) is 0 Å². The molecule has 1 saturated heterocycles. The van der Waals surface area contributed by atoms with E-state index in [1.807, 2.05) is 44.2 Å². The van der Waals surface area contributed by atoms with Gasteiger partial charge >= 0.3 is 0 Å². The lowest BCUT2D eigenvalue weighted by Crippen LogP contribution is -2.45. The molecule has 30 heavy (non-hydrogen) atoms. The van der Waals surface area contributed by atoms with Crippen molar-refractivity contribution >= 4 is 33.0 Å². The van der Waals surface area contributed by atoms with Gasteiger partial charge in [0.15, 0.2) is 0 Å². The van der Waals surface area contributed by atoms with Crippen LogP contribution in [0, 0.1) is 13.8 Å². The van der Waals surface area contributed by atoms with Crippen molar-refractivity contribution in [2.45, 2.75) is 46.1 Å². The summed E-state index contributed by atoms with van der Waals surface area (Å²) in [6.07, 6.45) is 4.81. The average molecular weight is 430 g/mol. The zero-order valence-electron chi connectivity index (χ0n) is 18.2. The maximum absolute atomic E-state index is 12.9. The maximum atomic E-state index is 12.9. The van der Waals surface area contributed by atoms with Crippen LogP contribution >= 0.6 is 0 Å². The molecule has 0 saturated carbocycles. The fourth-order valence-electron chi connectivity index (χ4n) is 4.04. The van der Waals surface area contributed by atoms with Crippen LogP contribution in [0.25, 0.3) is 0 Å². The summed E-state index contributed by atoms with van der Waals surface area (Å²) in [5.74, 6) is -0.370. The molecule has 1 N–H and O–H groups in total. The van der Waals surface area contributed by atoms with E-state index in [2.05, 4.69) is 10.2 Å². The lowest BCUT2D eigenvalue weighted by Gasteiger charge is -2.29. The minimum absolute atomic E-state index is 0.370. The third-order valence-corrected chi connectivity index (χ3v) is 6.65. The number of piperidine rings is 1. The smallest absolute Gasteiger partial charge is 0.247 e. The van der Waals surface area contributed by atoms with Crippen molar-refractivity contribution in [2.75, 3.05) is 33.9 Å². The normalized spacial score (nSPS) is 15.5. The van der Waals surface area contributed by atoms with Gasteiger partial charge in [-0.2, -0.15) is 0 Å². The molecule has 0 spiro atoms.